The molecule has 1 fully saturated rings. The van der Waals surface area contributed by atoms with Crippen molar-refractivity contribution in [3.8, 4) is 23.0 Å². The van der Waals surface area contributed by atoms with Gasteiger partial charge in [-0.3, -0.25) is 0 Å². The molecule has 2 unspecified atom stereocenters. The molecule has 2 aliphatic heterocycles. The Hall–Kier alpha value is -4.02. The first kappa shape index (κ1) is 21.8. The highest BCUT2D eigenvalue weighted by molar-refractivity contribution is 5.90. The first-order chi connectivity index (χ1) is 16.4. The van der Waals surface area contributed by atoms with Crippen LogP contribution in [0.15, 0.2) is 30.5 Å². The smallest absolute Gasteiger partial charge is 0.341 e. The van der Waals surface area contributed by atoms with Crippen molar-refractivity contribution in [2.45, 2.75) is 32.4 Å². The number of nitrogens with zero attached hydrogens (tertiary/aromatic N) is 5. The summed E-state index contributed by atoms with van der Waals surface area (Å²) in [6.45, 7) is 4.94. The first-order valence-corrected chi connectivity index (χ1v) is 11.0. The van der Waals surface area contributed by atoms with E-state index in [1.54, 1.807) is 26.0 Å². The Bertz CT molecular complexity index is 1260. The molecule has 2 aromatic heterocycles. The van der Waals surface area contributed by atoms with E-state index in [2.05, 4.69) is 30.4 Å². The zero-order valence-corrected chi connectivity index (χ0v) is 18.7. The molecule has 2 atom stereocenters. The van der Waals surface area contributed by atoms with Crippen molar-refractivity contribution >= 4 is 17.5 Å². The van der Waals surface area contributed by atoms with Gasteiger partial charge in [-0.25, -0.2) is 14.2 Å². The molecule has 4 heterocycles. The molecule has 0 spiro atoms. The molecule has 0 saturated carbocycles. The highest BCUT2D eigenvalue weighted by Gasteiger charge is 2.38. The summed E-state index contributed by atoms with van der Waals surface area (Å²) in [6, 6.07) is 6.41. The van der Waals surface area contributed by atoms with E-state index in [1.165, 1.54) is 18.3 Å². The Kier molecular flexibility index (Phi) is 5.60. The minimum Gasteiger partial charge on any atom is -0.504 e. The molecule has 0 radical (unpaired) electrons. The van der Waals surface area contributed by atoms with Crippen LogP contribution in [0.1, 0.15) is 29.4 Å². The van der Waals surface area contributed by atoms with Gasteiger partial charge in [0, 0.05) is 24.7 Å². The predicted molar refractivity (Wildman–Crippen MR) is 120 cm³/mol. The average molecular weight is 466 g/mol. The van der Waals surface area contributed by atoms with E-state index in [0.717, 1.165) is 12.1 Å². The van der Waals surface area contributed by atoms with Gasteiger partial charge < -0.3 is 24.8 Å². The van der Waals surface area contributed by atoms with Crippen molar-refractivity contribution in [3.05, 3.63) is 47.5 Å². The number of para-hydroxylation sites is 1. The lowest BCUT2D eigenvalue weighted by atomic mass is 10.1. The van der Waals surface area contributed by atoms with Crippen molar-refractivity contribution in [3.63, 3.8) is 0 Å². The predicted octanol–water partition coefficient (Wildman–Crippen LogP) is 2.72. The van der Waals surface area contributed by atoms with Crippen LogP contribution in [0.3, 0.4) is 0 Å². The fourth-order valence-electron chi connectivity index (χ4n) is 4.30. The highest BCUT2D eigenvalue weighted by atomic mass is 19.1. The fraction of sp³-hybridized carbons (Fsp3) is 0.348. The zero-order chi connectivity index (χ0) is 23.8. The highest BCUT2D eigenvalue weighted by Crippen LogP contribution is 2.39. The van der Waals surface area contributed by atoms with Gasteiger partial charge in [0.15, 0.2) is 17.4 Å². The molecular weight excluding hydrogens is 443 g/mol. The quantitative estimate of drug-likeness (QED) is 0.543. The standard InChI is InChI=1S/C23H23FN6O4/c1-3-33-22(32)16-10-26-23(27-12(16)2)34-14-7-13-9-25-21-19(30(13)11-14)8-18(28-29-21)15-5-4-6-17(24)20(15)31/h4-6,8,10,13-14,31H,3,7,9,11H2,1-2H3,(H,25,29). The number of phenols is 1. The lowest BCUT2D eigenvalue weighted by Crippen LogP contribution is -2.40. The number of aromatic nitrogens is 4. The van der Waals surface area contributed by atoms with Crippen LogP contribution in [0, 0.1) is 12.7 Å². The molecule has 1 aromatic carbocycles. The summed E-state index contributed by atoms with van der Waals surface area (Å²) in [5.41, 5.74) is 2.24. The second-order valence-corrected chi connectivity index (χ2v) is 8.13. The number of esters is 1. The summed E-state index contributed by atoms with van der Waals surface area (Å²) >= 11 is 0. The Labute approximate surface area is 194 Å². The number of hydrogen-bond donors (Lipinski definition) is 2. The second kappa shape index (κ2) is 8.73. The topological polar surface area (TPSA) is 123 Å². The minimum absolute atomic E-state index is 0.135. The van der Waals surface area contributed by atoms with Crippen LogP contribution < -0.4 is 15.0 Å². The summed E-state index contributed by atoms with van der Waals surface area (Å²) in [4.78, 5) is 22.6. The van der Waals surface area contributed by atoms with Crippen LogP contribution in [0.5, 0.6) is 11.8 Å². The Morgan fingerprint density at radius 2 is 2.21 bits per heavy atom. The van der Waals surface area contributed by atoms with E-state index in [-0.39, 0.29) is 30.3 Å². The van der Waals surface area contributed by atoms with Crippen molar-refractivity contribution in [2.24, 2.45) is 0 Å². The molecule has 176 valence electrons. The third-order valence-electron chi connectivity index (χ3n) is 5.95. The van der Waals surface area contributed by atoms with Crippen molar-refractivity contribution in [1.82, 2.24) is 20.2 Å². The summed E-state index contributed by atoms with van der Waals surface area (Å²) in [7, 11) is 0. The number of aromatic hydroxyl groups is 1. The van der Waals surface area contributed by atoms with Crippen LogP contribution >= 0.6 is 0 Å². The van der Waals surface area contributed by atoms with E-state index in [9.17, 15) is 14.3 Å². The first-order valence-electron chi connectivity index (χ1n) is 11.0. The van der Waals surface area contributed by atoms with Gasteiger partial charge in [-0.15, -0.1) is 10.2 Å². The number of phenolic OH excluding ortho intramolecular Hbond substituents is 1. The molecule has 34 heavy (non-hydrogen) atoms. The maximum atomic E-state index is 13.8. The van der Waals surface area contributed by atoms with E-state index in [4.69, 9.17) is 9.47 Å². The van der Waals surface area contributed by atoms with Crippen LogP contribution in [-0.2, 0) is 4.74 Å². The molecule has 2 aliphatic rings. The number of benzene rings is 1. The van der Waals surface area contributed by atoms with Gasteiger partial charge in [-0.2, -0.15) is 4.98 Å². The molecule has 0 amide bonds. The van der Waals surface area contributed by atoms with Crippen LogP contribution in [0.25, 0.3) is 11.3 Å². The number of carbonyl (C=O) groups is 1. The molecule has 0 aliphatic carbocycles. The van der Waals surface area contributed by atoms with Gasteiger partial charge >= 0.3 is 12.0 Å². The lowest BCUT2D eigenvalue weighted by Gasteiger charge is -2.33. The number of aryl methyl sites for hydroxylation is 1. The van der Waals surface area contributed by atoms with Gasteiger partial charge in [-0.1, -0.05) is 6.07 Å². The zero-order valence-electron chi connectivity index (χ0n) is 18.7. The number of ether oxygens (including phenoxy) is 2. The number of rotatable bonds is 5. The van der Waals surface area contributed by atoms with E-state index in [1.807, 2.05) is 0 Å². The average Bonchev–Trinajstić information content (AvgIpc) is 3.24. The summed E-state index contributed by atoms with van der Waals surface area (Å²) < 4.78 is 24.9. The maximum Gasteiger partial charge on any atom is 0.341 e. The minimum atomic E-state index is -0.716. The van der Waals surface area contributed by atoms with E-state index in [0.29, 0.717) is 35.9 Å². The van der Waals surface area contributed by atoms with Crippen LogP contribution in [0.4, 0.5) is 15.9 Å². The van der Waals surface area contributed by atoms with E-state index < -0.39 is 17.5 Å². The number of nitrogens with one attached hydrogen (secondary N) is 1. The number of fused-ring (bicyclic) bond motifs is 3. The molecule has 2 N–H and O–H groups in total. The monoisotopic (exact) mass is 466 g/mol. The normalized spacial score (nSPS) is 18.6. The molecule has 0 bridgehead atoms. The van der Waals surface area contributed by atoms with Crippen LogP contribution in [0.2, 0.25) is 0 Å². The third-order valence-corrected chi connectivity index (χ3v) is 5.95. The summed E-state index contributed by atoms with van der Waals surface area (Å²) in [6.07, 6.45) is 1.95. The van der Waals surface area contributed by atoms with Gasteiger partial charge in [0.25, 0.3) is 0 Å². The molecule has 3 aromatic rings. The summed E-state index contributed by atoms with van der Waals surface area (Å²) in [5, 5.41) is 21.8. The maximum absolute atomic E-state index is 13.8. The summed E-state index contributed by atoms with van der Waals surface area (Å²) in [5.74, 6) is -1.03. The number of carbonyl (C=O) groups excluding carboxylic acids is 1. The lowest BCUT2D eigenvalue weighted by molar-refractivity contribution is 0.0524. The van der Waals surface area contributed by atoms with Gasteiger partial charge in [0.05, 0.1) is 41.8 Å². The molecular formula is C23H23FN6O4. The molecule has 1 saturated heterocycles. The van der Waals surface area contributed by atoms with Crippen molar-refractivity contribution in [2.75, 3.05) is 29.9 Å². The molecule has 5 rings (SSSR count). The molecule has 11 heteroatoms. The van der Waals surface area contributed by atoms with E-state index >= 15 is 0 Å². The number of halogens is 1. The largest absolute Gasteiger partial charge is 0.504 e. The SMILES string of the molecule is CCOC(=O)c1cnc(OC2CC3CNc4nnc(-c5cccc(F)c5O)cc4N3C2)nc1C. The molecule has 10 nitrogen and oxygen atoms in total. The Morgan fingerprint density at radius 1 is 1.35 bits per heavy atom. The third kappa shape index (κ3) is 3.93. The van der Waals surface area contributed by atoms with Crippen LogP contribution in [-0.4, -0.2) is 63.1 Å². The second-order valence-electron chi connectivity index (χ2n) is 8.13. The van der Waals surface area contributed by atoms with Crippen molar-refractivity contribution < 1.29 is 23.8 Å². The van der Waals surface area contributed by atoms with Crippen molar-refractivity contribution in [1.29, 1.82) is 0 Å². The van der Waals surface area contributed by atoms with Gasteiger partial charge in [0.2, 0.25) is 0 Å². The number of anilines is 2. The van der Waals surface area contributed by atoms with Gasteiger partial charge in [0.1, 0.15) is 6.10 Å². The Balaban J connectivity index is 1.35. The Morgan fingerprint density at radius 3 is 3.00 bits per heavy atom. The fourth-order valence-corrected chi connectivity index (χ4v) is 4.30. The van der Waals surface area contributed by atoms with Gasteiger partial charge in [-0.05, 0) is 32.0 Å². The number of hydrogen-bond acceptors (Lipinski definition) is 10.